The minimum absolute atomic E-state index is 0.00200. The van der Waals surface area contributed by atoms with Crippen LogP contribution in [0.2, 0.25) is 0 Å². The van der Waals surface area contributed by atoms with Crippen molar-refractivity contribution in [3.05, 3.63) is 96.2 Å². The van der Waals surface area contributed by atoms with Gasteiger partial charge in [0, 0.05) is 23.1 Å². The van der Waals surface area contributed by atoms with Crippen LogP contribution in [0.25, 0.3) is 23.1 Å². The Hall–Kier alpha value is -4.13. The van der Waals surface area contributed by atoms with Crippen molar-refractivity contribution in [1.29, 1.82) is 0 Å². The van der Waals surface area contributed by atoms with Crippen LogP contribution in [-0.2, 0) is 0 Å². The summed E-state index contributed by atoms with van der Waals surface area (Å²) < 4.78 is 1.78. The fourth-order valence-corrected chi connectivity index (χ4v) is 3.66. The number of aromatic nitrogens is 4. The third-order valence-electron chi connectivity index (χ3n) is 5.25. The molecule has 1 aliphatic rings. The van der Waals surface area contributed by atoms with Crippen LogP contribution in [0.5, 0.6) is 0 Å². The predicted octanol–water partition coefficient (Wildman–Crippen LogP) is 3.53. The van der Waals surface area contributed by atoms with E-state index in [1.165, 1.54) is 0 Å². The van der Waals surface area contributed by atoms with E-state index in [1.54, 1.807) is 10.8 Å². The summed E-state index contributed by atoms with van der Waals surface area (Å²) in [6.07, 6.45) is 5.37. The molecule has 7 nitrogen and oxygen atoms in total. The summed E-state index contributed by atoms with van der Waals surface area (Å²) in [5, 5.41) is 15.0. The first kappa shape index (κ1) is 18.9. The topological polar surface area (TPSA) is 79.2 Å². The molecule has 0 aliphatic carbocycles. The predicted molar refractivity (Wildman–Crippen MR) is 124 cm³/mol. The molecular formula is C24H23N7. The zero-order valence-electron chi connectivity index (χ0n) is 17.2. The molecule has 5 rings (SSSR count). The summed E-state index contributed by atoms with van der Waals surface area (Å²) in [5.74, 6) is 0. The average molecular weight is 409 g/mol. The Kier molecular flexibility index (Phi) is 4.84. The highest BCUT2D eigenvalue weighted by Gasteiger charge is 2.25. The number of hydrogen-bond donors (Lipinski definition) is 3. The lowest BCUT2D eigenvalue weighted by molar-refractivity contribution is 0.607. The Morgan fingerprint density at radius 1 is 1.06 bits per heavy atom. The highest BCUT2D eigenvalue weighted by molar-refractivity contribution is 5.90. The molecule has 1 aliphatic heterocycles. The average Bonchev–Trinajstić information content (AvgIpc) is 3.44. The number of benzene rings is 1. The molecular weight excluding hydrogens is 386 g/mol. The summed E-state index contributed by atoms with van der Waals surface area (Å²) in [6, 6.07) is 18.3. The number of anilines is 1. The lowest BCUT2D eigenvalue weighted by Gasteiger charge is -2.16. The van der Waals surface area contributed by atoms with E-state index < -0.39 is 0 Å². The molecule has 4 heterocycles. The molecule has 1 unspecified atom stereocenters. The Morgan fingerprint density at radius 3 is 2.71 bits per heavy atom. The van der Waals surface area contributed by atoms with Gasteiger partial charge in [-0.05, 0) is 48.9 Å². The Balaban J connectivity index is 1.42. The van der Waals surface area contributed by atoms with Crippen molar-refractivity contribution in [1.82, 2.24) is 30.2 Å². The Bertz CT molecular complexity index is 1270. The van der Waals surface area contributed by atoms with Gasteiger partial charge in [0.15, 0.2) is 5.65 Å². The molecule has 0 bridgehead atoms. The van der Waals surface area contributed by atoms with Gasteiger partial charge in [0.25, 0.3) is 0 Å². The van der Waals surface area contributed by atoms with E-state index in [4.69, 9.17) is 4.98 Å². The van der Waals surface area contributed by atoms with E-state index in [0.29, 0.717) is 6.54 Å². The van der Waals surface area contributed by atoms with Crippen molar-refractivity contribution >= 4 is 28.8 Å². The molecule has 1 atom stereocenters. The van der Waals surface area contributed by atoms with Gasteiger partial charge < -0.3 is 16.0 Å². The van der Waals surface area contributed by atoms with Gasteiger partial charge in [0.2, 0.25) is 0 Å². The van der Waals surface area contributed by atoms with Crippen molar-refractivity contribution in [2.75, 3.05) is 11.9 Å². The molecule has 31 heavy (non-hydrogen) atoms. The van der Waals surface area contributed by atoms with Gasteiger partial charge >= 0.3 is 0 Å². The number of pyridine rings is 2. The molecule has 4 aromatic rings. The highest BCUT2D eigenvalue weighted by Crippen LogP contribution is 2.27. The third kappa shape index (κ3) is 3.85. The van der Waals surface area contributed by atoms with Gasteiger partial charge in [0.05, 0.1) is 23.6 Å². The monoisotopic (exact) mass is 409 g/mol. The first-order valence-corrected chi connectivity index (χ1v) is 10.2. The molecule has 0 spiro atoms. The zero-order chi connectivity index (χ0) is 21.2. The molecule has 3 aromatic heterocycles. The van der Waals surface area contributed by atoms with Crippen LogP contribution in [0.3, 0.4) is 0 Å². The van der Waals surface area contributed by atoms with Gasteiger partial charge in [-0.1, -0.05) is 30.9 Å². The Labute approximate surface area is 180 Å². The van der Waals surface area contributed by atoms with Crippen molar-refractivity contribution in [3.8, 4) is 0 Å². The van der Waals surface area contributed by atoms with Crippen LogP contribution in [0, 0.1) is 6.92 Å². The summed E-state index contributed by atoms with van der Waals surface area (Å²) in [4.78, 5) is 8.97. The van der Waals surface area contributed by atoms with Crippen LogP contribution in [0.15, 0.2) is 73.7 Å². The largest absolute Gasteiger partial charge is 0.381 e. The first-order valence-electron chi connectivity index (χ1n) is 10.2. The van der Waals surface area contributed by atoms with Crippen LogP contribution in [0.4, 0.5) is 5.69 Å². The van der Waals surface area contributed by atoms with E-state index in [1.807, 2.05) is 61.7 Å². The van der Waals surface area contributed by atoms with Crippen molar-refractivity contribution < 1.29 is 0 Å². The third-order valence-corrected chi connectivity index (χ3v) is 5.25. The van der Waals surface area contributed by atoms with Gasteiger partial charge in [0.1, 0.15) is 12.5 Å². The molecule has 7 heteroatoms. The van der Waals surface area contributed by atoms with E-state index in [2.05, 4.69) is 44.7 Å². The van der Waals surface area contributed by atoms with E-state index in [-0.39, 0.29) is 6.17 Å². The summed E-state index contributed by atoms with van der Waals surface area (Å²) >= 11 is 0. The summed E-state index contributed by atoms with van der Waals surface area (Å²) in [5.41, 5.74) is 7.82. The molecule has 3 N–H and O–H groups in total. The minimum Gasteiger partial charge on any atom is -0.381 e. The molecule has 0 saturated carbocycles. The number of aryl methyl sites for hydroxylation is 1. The van der Waals surface area contributed by atoms with E-state index in [9.17, 15) is 0 Å². The second kappa shape index (κ2) is 7.95. The fraction of sp³-hybridized carbons (Fsp3) is 0.125. The number of hydrogen-bond acceptors (Lipinski definition) is 6. The fourth-order valence-electron chi connectivity index (χ4n) is 3.66. The first-order chi connectivity index (χ1) is 15.2. The number of nitrogens with zero attached hydrogens (tertiary/aromatic N) is 4. The zero-order valence-corrected chi connectivity index (χ0v) is 17.2. The van der Waals surface area contributed by atoms with Gasteiger partial charge in [-0.15, -0.1) is 0 Å². The number of fused-ring (bicyclic) bond motifs is 1. The van der Waals surface area contributed by atoms with Crippen molar-refractivity contribution in [3.63, 3.8) is 0 Å². The lowest BCUT2D eigenvalue weighted by atomic mass is 10.1. The molecule has 0 saturated heterocycles. The van der Waals surface area contributed by atoms with Crippen LogP contribution in [0.1, 0.15) is 22.5 Å². The Morgan fingerprint density at radius 2 is 1.90 bits per heavy atom. The second-order valence-electron chi connectivity index (χ2n) is 7.44. The summed E-state index contributed by atoms with van der Waals surface area (Å²) in [7, 11) is 0. The normalized spacial score (nSPS) is 15.6. The smallest absolute Gasteiger partial charge is 0.155 e. The van der Waals surface area contributed by atoms with Gasteiger partial charge in [-0.3, -0.25) is 4.98 Å². The molecule has 0 amide bonds. The molecule has 0 radical (unpaired) electrons. The quantitative estimate of drug-likeness (QED) is 0.452. The standard InChI is InChI=1S/C24H23N7/c1-3-17-7-10-19(11-8-17)25-13-21-29-23(18-9-12-22-26-15-27-31(22)14-18)24(30-21)20-6-4-5-16(2)28-20/h3-12,14-15,21,25,29-30H,1,13H2,2H3. The highest BCUT2D eigenvalue weighted by atomic mass is 15.3. The maximum atomic E-state index is 4.73. The van der Waals surface area contributed by atoms with Crippen molar-refractivity contribution in [2.24, 2.45) is 0 Å². The van der Waals surface area contributed by atoms with E-state index in [0.717, 1.165) is 45.2 Å². The molecule has 154 valence electrons. The SMILES string of the molecule is C=Cc1ccc(NCC2NC(c3ccc4ncnn4c3)=C(c3cccc(C)n3)N2)cc1. The van der Waals surface area contributed by atoms with Crippen molar-refractivity contribution in [2.45, 2.75) is 13.1 Å². The maximum Gasteiger partial charge on any atom is 0.155 e. The number of rotatable bonds is 6. The summed E-state index contributed by atoms with van der Waals surface area (Å²) in [6.45, 7) is 6.50. The molecule has 1 aromatic carbocycles. The van der Waals surface area contributed by atoms with Crippen LogP contribution in [-0.4, -0.2) is 32.3 Å². The van der Waals surface area contributed by atoms with Gasteiger partial charge in [-0.2, -0.15) is 5.10 Å². The lowest BCUT2D eigenvalue weighted by Crippen LogP contribution is -2.39. The molecule has 0 fully saturated rings. The second-order valence-corrected chi connectivity index (χ2v) is 7.44. The van der Waals surface area contributed by atoms with E-state index >= 15 is 0 Å². The number of nitrogens with one attached hydrogen (secondary N) is 3. The van der Waals surface area contributed by atoms with Gasteiger partial charge in [-0.25, -0.2) is 9.50 Å². The van der Waals surface area contributed by atoms with Crippen LogP contribution >= 0.6 is 0 Å². The minimum atomic E-state index is -0.00200. The van der Waals surface area contributed by atoms with Crippen LogP contribution < -0.4 is 16.0 Å². The maximum absolute atomic E-state index is 4.73.